The van der Waals surface area contributed by atoms with Crippen molar-refractivity contribution in [2.45, 2.75) is 19.4 Å². The molecule has 1 atom stereocenters. The topological polar surface area (TPSA) is 67.4 Å². The van der Waals surface area contributed by atoms with Crippen LogP contribution in [0.1, 0.15) is 34.5 Å². The Morgan fingerprint density at radius 2 is 1.48 bits per heavy atom. The molecule has 0 bridgehead atoms. The van der Waals surface area contributed by atoms with Crippen molar-refractivity contribution in [1.29, 1.82) is 0 Å². The predicted octanol–water partition coefficient (Wildman–Crippen LogP) is 4.97. The molecular weight excluding hydrogens is 364 g/mol. The molecule has 0 spiro atoms. The maximum Gasteiger partial charge on any atom is 0.338 e. The van der Waals surface area contributed by atoms with Crippen LogP contribution in [0.25, 0.3) is 0 Å². The van der Waals surface area contributed by atoms with E-state index in [2.05, 4.69) is 10.6 Å². The molecule has 0 aliphatic rings. The van der Waals surface area contributed by atoms with Crippen molar-refractivity contribution in [3.8, 4) is 0 Å². The summed E-state index contributed by atoms with van der Waals surface area (Å²) in [4.78, 5) is 24.3. The molecule has 5 nitrogen and oxygen atoms in total. The summed E-state index contributed by atoms with van der Waals surface area (Å²) in [6, 6.07) is 26.1. The number of benzene rings is 3. The number of urea groups is 1. The molecule has 0 aromatic heterocycles. The van der Waals surface area contributed by atoms with Crippen molar-refractivity contribution in [2.24, 2.45) is 0 Å². The van der Waals surface area contributed by atoms with Crippen LogP contribution in [-0.4, -0.2) is 18.6 Å². The minimum Gasteiger partial charge on any atom is -0.462 e. The molecule has 2 amide bonds. The van der Waals surface area contributed by atoms with Gasteiger partial charge in [0.2, 0.25) is 0 Å². The lowest BCUT2D eigenvalue weighted by atomic mass is 9.99. The average Bonchev–Trinajstić information content (AvgIpc) is 2.75. The third kappa shape index (κ3) is 5.94. The van der Waals surface area contributed by atoms with Crippen molar-refractivity contribution in [1.82, 2.24) is 5.32 Å². The first-order chi connectivity index (χ1) is 14.2. The van der Waals surface area contributed by atoms with E-state index in [-0.39, 0.29) is 18.0 Å². The fourth-order valence-corrected chi connectivity index (χ4v) is 3.02. The van der Waals surface area contributed by atoms with Crippen molar-refractivity contribution in [3.63, 3.8) is 0 Å². The molecule has 29 heavy (non-hydrogen) atoms. The Labute approximate surface area is 170 Å². The van der Waals surface area contributed by atoms with Crippen LogP contribution >= 0.6 is 0 Å². The van der Waals surface area contributed by atoms with E-state index in [1.54, 1.807) is 31.2 Å². The number of anilines is 1. The van der Waals surface area contributed by atoms with E-state index in [1.165, 1.54) is 0 Å². The van der Waals surface area contributed by atoms with Gasteiger partial charge < -0.3 is 15.4 Å². The summed E-state index contributed by atoms with van der Waals surface area (Å²) < 4.78 is 4.97. The highest BCUT2D eigenvalue weighted by Gasteiger charge is 2.15. The van der Waals surface area contributed by atoms with Gasteiger partial charge in [-0.2, -0.15) is 0 Å². The molecule has 1 unspecified atom stereocenters. The fraction of sp³-hybridized carbons (Fsp3) is 0.167. The lowest BCUT2D eigenvalue weighted by Crippen LogP contribution is -2.33. The summed E-state index contributed by atoms with van der Waals surface area (Å²) in [6.07, 6.45) is 0.681. The molecule has 0 fully saturated rings. The minimum atomic E-state index is -0.379. The second-order valence-electron chi connectivity index (χ2n) is 6.55. The van der Waals surface area contributed by atoms with Gasteiger partial charge in [-0.25, -0.2) is 9.59 Å². The van der Waals surface area contributed by atoms with E-state index >= 15 is 0 Å². The standard InChI is InChI=1S/C24H24N2O3/c1-2-29-23(27)20-13-15-21(16-14-20)25-24(28)26-22(19-11-7-4-8-12-19)17-18-9-5-3-6-10-18/h3-16,22H,2,17H2,1H3,(H2,25,26,28). The summed E-state index contributed by atoms with van der Waals surface area (Å²) in [7, 11) is 0. The Balaban J connectivity index is 1.67. The van der Waals surface area contributed by atoms with Crippen LogP contribution in [0.5, 0.6) is 0 Å². The van der Waals surface area contributed by atoms with Crippen LogP contribution in [0, 0.1) is 0 Å². The summed E-state index contributed by atoms with van der Waals surface area (Å²) in [5, 5.41) is 5.87. The normalized spacial score (nSPS) is 11.3. The molecule has 0 heterocycles. The van der Waals surface area contributed by atoms with Crippen LogP contribution in [0.3, 0.4) is 0 Å². The Bertz CT molecular complexity index is 925. The van der Waals surface area contributed by atoms with Gasteiger partial charge in [-0.05, 0) is 48.7 Å². The number of ether oxygens (including phenoxy) is 1. The maximum atomic E-state index is 12.6. The van der Waals surface area contributed by atoms with Crippen molar-refractivity contribution < 1.29 is 14.3 Å². The second kappa shape index (κ2) is 10.1. The third-order valence-electron chi connectivity index (χ3n) is 4.44. The van der Waals surface area contributed by atoms with Gasteiger partial charge >= 0.3 is 12.0 Å². The van der Waals surface area contributed by atoms with Crippen LogP contribution in [-0.2, 0) is 11.2 Å². The molecule has 3 rings (SSSR count). The molecule has 0 saturated carbocycles. The van der Waals surface area contributed by atoms with Gasteiger partial charge in [0.05, 0.1) is 18.2 Å². The molecule has 5 heteroatoms. The second-order valence-corrected chi connectivity index (χ2v) is 6.55. The van der Waals surface area contributed by atoms with Crippen molar-refractivity contribution >= 4 is 17.7 Å². The highest BCUT2D eigenvalue weighted by molar-refractivity contribution is 5.92. The first-order valence-electron chi connectivity index (χ1n) is 9.59. The molecule has 3 aromatic rings. The Kier molecular flexibility index (Phi) is 7.00. The summed E-state index contributed by atoms with van der Waals surface area (Å²) in [5.74, 6) is -0.379. The molecule has 0 aliphatic heterocycles. The van der Waals surface area contributed by atoms with Crippen LogP contribution in [0.2, 0.25) is 0 Å². The highest BCUT2D eigenvalue weighted by atomic mass is 16.5. The van der Waals surface area contributed by atoms with Crippen LogP contribution in [0.15, 0.2) is 84.9 Å². The predicted molar refractivity (Wildman–Crippen MR) is 114 cm³/mol. The first-order valence-corrected chi connectivity index (χ1v) is 9.59. The SMILES string of the molecule is CCOC(=O)c1ccc(NC(=O)NC(Cc2ccccc2)c2ccccc2)cc1. The van der Waals surface area contributed by atoms with Gasteiger partial charge in [-0.15, -0.1) is 0 Å². The largest absolute Gasteiger partial charge is 0.462 e. The minimum absolute atomic E-state index is 0.169. The zero-order valence-corrected chi connectivity index (χ0v) is 16.3. The smallest absolute Gasteiger partial charge is 0.338 e. The van der Waals surface area contributed by atoms with Crippen LogP contribution in [0.4, 0.5) is 10.5 Å². The number of hydrogen-bond acceptors (Lipinski definition) is 3. The van der Waals surface area contributed by atoms with Crippen molar-refractivity contribution in [2.75, 3.05) is 11.9 Å². The van der Waals surface area contributed by atoms with E-state index in [1.807, 2.05) is 60.7 Å². The Morgan fingerprint density at radius 3 is 2.10 bits per heavy atom. The van der Waals surface area contributed by atoms with E-state index in [9.17, 15) is 9.59 Å². The zero-order chi connectivity index (χ0) is 20.5. The van der Waals surface area contributed by atoms with Gasteiger partial charge in [-0.3, -0.25) is 0 Å². The number of carbonyl (C=O) groups excluding carboxylic acids is 2. The zero-order valence-electron chi connectivity index (χ0n) is 16.3. The molecule has 3 aromatic carbocycles. The molecule has 0 saturated heterocycles. The summed E-state index contributed by atoms with van der Waals surface area (Å²) >= 11 is 0. The number of esters is 1. The monoisotopic (exact) mass is 388 g/mol. The quantitative estimate of drug-likeness (QED) is 0.562. The lowest BCUT2D eigenvalue weighted by Gasteiger charge is -2.20. The lowest BCUT2D eigenvalue weighted by molar-refractivity contribution is 0.0526. The van der Waals surface area contributed by atoms with E-state index in [0.29, 0.717) is 24.3 Å². The molecule has 0 radical (unpaired) electrons. The number of amides is 2. The average molecular weight is 388 g/mol. The van der Waals surface area contributed by atoms with Gasteiger partial charge in [0.25, 0.3) is 0 Å². The number of nitrogens with one attached hydrogen (secondary N) is 2. The molecule has 0 aliphatic carbocycles. The number of carbonyl (C=O) groups is 2. The fourth-order valence-electron chi connectivity index (χ4n) is 3.02. The Hall–Kier alpha value is -3.60. The highest BCUT2D eigenvalue weighted by Crippen LogP contribution is 2.19. The number of rotatable bonds is 7. The summed E-state index contributed by atoms with van der Waals surface area (Å²) in [6.45, 7) is 2.08. The first kappa shape index (κ1) is 20.1. The van der Waals surface area contributed by atoms with E-state index < -0.39 is 0 Å². The molecule has 2 N–H and O–H groups in total. The molecular formula is C24H24N2O3. The number of hydrogen-bond donors (Lipinski definition) is 2. The van der Waals surface area contributed by atoms with Gasteiger partial charge in [0, 0.05) is 5.69 Å². The van der Waals surface area contributed by atoms with Crippen molar-refractivity contribution in [3.05, 3.63) is 102 Å². The Morgan fingerprint density at radius 1 is 0.862 bits per heavy atom. The third-order valence-corrected chi connectivity index (χ3v) is 4.44. The van der Waals surface area contributed by atoms with Gasteiger partial charge in [0.1, 0.15) is 0 Å². The van der Waals surface area contributed by atoms with E-state index in [0.717, 1.165) is 11.1 Å². The van der Waals surface area contributed by atoms with Gasteiger partial charge in [0.15, 0.2) is 0 Å². The van der Waals surface area contributed by atoms with Crippen LogP contribution < -0.4 is 10.6 Å². The molecule has 148 valence electrons. The maximum absolute atomic E-state index is 12.6. The van der Waals surface area contributed by atoms with E-state index in [4.69, 9.17) is 4.74 Å². The van der Waals surface area contributed by atoms with Gasteiger partial charge in [-0.1, -0.05) is 60.7 Å². The summed E-state index contributed by atoms with van der Waals surface area (Å²) in [5.41, 5.74) is 3.22.